The molecule has 1 N–H and O–H groups in total. The van der Waals surface area contributed by atoms with Crippen LogP contribution in [0.5, 0.6) is 0 Å². The van der Waals surface area contributed by atoms with E-state index in [1.165, 1.54) is 24.8 Å². The van der Waals surface area contributed by atoms with Crippen molar-refractivity contribution < 1.29 is 0 Å². The molecular weight excluding hydrogens is 280 g/mol. The van der Waals surface area contributed by atoms with E-state index in [-0.39, 0.29) is 0 Å². The first kappa shape index (κ1) is 16.8. The summed E-state index contributed by atoms with van der Waals surface area (Å²) in [7, 11) is 2.27. The number of halogens is 1. The summed E-state index contributed by atoms with van der Waals surface area (Å²) in [4.78, 5) is 2.52. The topological polar surface area (TPSA) is 15.3 Å². The minimum Gasteiger partial charge on any atom is -0.310 e. The number of hydrogen-bond acceptors (Lipinski definition) is 2. The molecule has 1 aliphatic carbocycles. The molecule has 0 heterocycles. The minimum absolute atomic E-state index is 0.427. The molecule has 0 aromatic heterocycles. The van der Waals surface area contributed by atoms with Crippen molar-refractivity contribution in [2.75, 3.05) is 20.1 Å². The highest BCUT2D eigenvalue weighted by Gasteiger charge is 2.30. The van der Waals surface area contributed by atoms with Crippen molar-refractivity contribution in [3.8, 4) is 0 Å². The Kier molecular flexibility index (Phi) is 6.53. The third-order valence-corrected chi connectivity index (χ3v) is 4.94. The maximum atomic E-state index is 6.00. The first-order valence-electron chi connectivity index (χ1n) is 8.31. The molecule has 0 radical (unpaired) electrons. The van der Waals surface area contributed by atoms with Gasteiger partial charge in [-0.1, -0.05) is 30.7 Å². The summed E-state index contributed by atoms with van der Waals surface area (Å²) in [6.45, 7) is 6.79. The summed E-state index contributed by atoms with van der Waals surface area (Å²) in [5.41, 5.74) is 1.35. The maximum Gasteiger partial charge on any atom is 0.0406 e. The van der Waals surface area contributed by atoms with Crippen LogP contribution in [0.2, 0.25) is 5.02 Å². The van der Waals surface area contributed by atoms with E-state index in [1.807, 2.05) is 12.1 Å². The van der Waals surface area contributed by atoms with E-state index in [4.69, 9.17) is 11.6 Å². The normalized spacial score (nSPS) is 18.0. The summed E-state index contributed by atoms with van der Waals surface area (Å²) >= 11 is 6.00. The molecule has 1 aliphatic rings. The molecule has 2 unspecified atom stereocenters. The van der Waals surface area contributed by atoms with Crippen LogP contribution in [0.1, 0.15) is 51.1 Å². The molecule has 21 heavy (non-hydrogen) atoms. The second kappa shape index (κ2) is 8.17. The molecule has 118 valence electrons. The SMILES string of the molecule is CCCNC(CCN(C)C(C)C1CC1)c1ccc(Cl)cc1. The molecule has 1 fully saturated rings. The van der Waals surface area contributed by atoms with Gasteiger partial charge in [-0.3, -0.25) is 0 Å². The Morgan fingerprint density at radius 3 is 2.52 bits per heavy atom. The standard InChI is InChI=1S/C18H29ClN2/c1-4-12-20-18(16-7-9-17(19)10-8-16)11-13-21(3)14(2)15-5-6-15/h7-10,14-15,18,20H,4-6,11-13H2,1-3H3. The van der Waals surface area contributed by atoms with Crippen molar-refractivity contribution in [1.29, 1.82) is 0 Å². The number of hydrogen-bond donors (Lipinski definition) is 1. The van der Waals surface area contributed by atoms with E-state index in [9.17, 15) is 0 Å². The van der Waals surface area contributed by atoms with Gasteiger partial charge in [0.25, 0.3) is 0 Å². The third-order valence-electron chi connectivity index (χ3n) is 4.68. The average molecular weight is 309 g/mol. The van der Waals surface area contributed by atoms with E-state index in [0.717, 1.165) is 36.5 Å². The van der Waals surface area contributed by atoms with Gasteiger partial charge in [0.2, 0.25) is 0 Å². The molecule has 2 nitrogen and oxygen atoms in total. The lowest BCUT2D eigenvalue weighted by atomic mass is 10.0. The van der Waals surface area contributed by atoms with Crippen molar-refractivity contribution in [3.05, 3.63) is 34.9 Å². The molecule has 0 amide bonds. The van der Waals surface area contributed by atoms with Gasteiger partial charge in [0.1, 0.15) is 0 Å². The fraction of sp³-hybridized carbons (Fsp3) is 0.667. The fourth-order valence-electron chi connectivity index (χ4n) is 2.88. The molecule has 2 atom stereocenters. The molecule has 0 saturated heterocycles. The molecule has 3 heteroatoms. The van der Waals surface area contributed by atoms with Gasteiger partial charge in [-0.25, -0.2) is 0 Å². The molecule has 0 spiro atoms. The third kappa shape index (κ3) is 5.28. The Morgan fingerprint density at radius 1 is 1.29 bits per heavy atom. The Labute approximate surface area is 134 Å². The molecule has 0 aliphatic heterocycles. The molecule has 2 rings (SSSR count). The maximum absolute atomic E-state index is 6.00. The van der Waals surface area contributed by atoms with E-state index >= 15 is 0 Å². The van der Waals surface area contributed by atoms with Crippen molar-refractivity contribution in [3.63, 3.8) is 0 Å². The van der Waals surface area contributed by atoms with Gasteiger partial charge in [0, 0.05) is 17.1 Å². The van der Waals surface area contributed by atoms with E-state index in [1.54, 1.807) is 0 Å². The number of nitrogens with zero attached hydrogens (tertiary/aromatic N) is 1. The van der Waals surface area contributed by atoms with Crippen molar-refractivity contribution in [1.82, 2.24) is 10.2 Å². The second-order valence-electron chi connectivity index (χ2n) is 6.41. The van der Waals surface area contributed by atoms with Crippen LogP contribution in [-0.4, -0.2) is 31.1 Å². The van der Waals surface area contributed by atoms with Crippen molar-refractivity contribution in [2.45, 2.75) is 51.6 Å². The van der Waals surface area contributed by atoms with Gasteiger partial charge in [-0.15, -0.1) is 0 Å². The summed E-state index contributed by atoms with van der Waals surface area (Å²) in [6, 6.07) is 9.44. The second-order valence-corrected chi connectivity index (χ2v) is 6.84. The van der Waals surface area contributed by atoms with Gasteiger partial charge in [0.15, 0.2) is 0 Å². The lowest BCUT2D eigenvalue weighted by Crippen LogP contribution is -2.34. The minimum atomic E-state index is 0.427. The van der Waals surface area contributed by atoms with Crippen LogP contribution in [0.4, 0.5) is 0 Å². The van der Waals surface area contributed by atoms with Gasteiger partial charge in [-0.2, -0.15) is 0 Å². The van der Waals surface area contributed by atoms with Crippen LogP contribution in [-0.2, 0) is 0 Å². The van der Waals surface area contributed by atoms with Crippen LogP contribution in [0, 0.1) is 5.92 Å². The smallest absolute Gasteiger partial charge is 0.0406 e. The van der Waals surface area contributed by atoms with Crippen molar-refractivity contribution in [2.24, 2.45) is 5.92 Å². The van der Waals surface area contributed by atoms with Gasteiger partial charge in [0.05, 0.1) is 0 Å². The lowest BCUT2D eigenvalue weighted by Gasteiger charge is -2.27. The van der Waals surface area contributed by atoms with E-state index in [2.05, 4.69) is 43.2 Å². The first-order valence-corrected chi connectivity index (χ1v) is 8.68. The predicted molar refractivity (Wildman–Crippen MR) is 91.9 cm³/mol. The van der Waals surface area contributed by atoms with Crippen molar-refractivity contribution >= 4 is 11.6 Å². The summed E-state index contributed by atoms with van der Waals surface area (Å²) < 4.78 is 0. The molecular formula is C18H29ClN2. The zero-order chi connectivity index (χ0) is 15.2. The monoisotopic (exact) mass is 308 g/mol. The van der Waals surface area contributed by atoms with Crippen LogP contribution in [0.3, 0.4) is 0 Å². The lowest BCUT2D eigenvalue weighted by molar-refractivity contribution is 0.222. The van der Waals surface area contributed by atoms with Gasteiger partial charge < -0.3 is 10.2 Å². The Hall–Kier alpha value is -0.570. The van der Waals surface area contributed by atoms with Crippen LogP contribution in [0.25, 0.3) is 0 Å². The van der Waals surface area contributed by atoms with Gasteiger partial charge >= 0.3 is 0 Å². The Morgan fingerprint density at radius 2 is 1.95 bits per heavy atom. The largest absolute Gasteiger partial charge is 0.310 e. The molecule has 0 bridgehead atoms. The average Bonchev–Trinajstić information content (AvgIpc) is 3.32. The first-order chi connectivity index (χ1) is 10.1. The summed E-state index contributed by atoms with van der Waals surface area (Å²) in [5.74, 6) is 0.938. The Bertz CT molecular complexity index is 414. The van der Waals surface area contributed by atoms with E-state index in [0.29, 0.717) is 6.04 Å². The Balaban J connectivity index is 1.90. The highest BCUT2D eigenvalue weighted by Crippen LogP contribution is 2.34. The number of benzene rings is 1. The summed E-state index contributed by atoms with van der Waals surface area (Å²) in [6.07, 6.45) is 5.15. The molecule has 1 saturated carbocycles. The quantitative estimate of drug-likeness (QED) is 0.722. The molecule has 1 aromatic rings. The zero-order valence-electron chi connectivity index (χ0n) is 13.6. The molecule has 1 aromatic carbocycles. The van der Waals surface area contributed by atoms with Crippen LogP contribution >= 0.6 is 11.6 Å². The highest BCUT2D eigenvalue weighted by molar-refractivity contribution is 6.30. The summed E-state index contributed by atoms with van der Waals surface area (Å²) in [5, 5.41) is 4.49. The predicted octanol–water partition coefficient (Wildman–Crippen LogP) is 4.50. The van der Waals surface area contributed by atoms with Crippen LogP contribution < -0.4 is 5.32 Å². The van der Waals surface area contributed by atoms with Crippen LogP contribution in [0.15, 0.2) is 24.3 Å². The number of rotatable bonds is 9. The zero-order valence-corrected chi connectivity index (χ0v) is 14.4. The van der Waals surface area contributed by atoms with Gasteiger partial charge in [-0.05, 0) is 76.4 Å². The van der Waals surface area contributed by atoms with E-state index < -0.39 is 0 Å². The highest BCUT2D eigenvalue weighted by atomic mass is 35.5. The number of nitrogens with one attached hydrogen (secondary N) is 1. The fourth-order valence-corrected chi connectivity index (χ4v) is 3.00.